The minimum atomic E-state index is -3.81. The average Bonchev–Trinajstić information content (AvgIpc) is 3.56. The molecule has 1 saturated carbocycles. The smallest absolute Gasteiger partial charge is 0.244 e. The van der Waals surface area contributed by atoms with Crippen LogP contribution >= 0.6 is 0 Å². The number of rotatable bonds is 11. The van der Waals surface area contributed by atoms with Crippen LogP contribution in [0.15, 0.2) is 48.5 Å². The van der Waals surface area contributed by atoms with E-state index in [1.54, 1.807) is 18.2 Å². The van der Waals surface area contributed by atoms with Crippen LogP contribution in [0.25, 0.3) is 0 Å². The van der Waals surface area contributed by atoms with Gasteiger partial charge >= 0.3 is 0 Å². The monoisotopic (exact) mass is 529 g/mol. The van der Waals surface area contributed by atoms with Crippen LogP contribution in [0.5, 0.6) is 11.5 Å². The fourth-order valence-electron chi connectivity index (χ4n) is 4.92. The van der Waals surface area contributed by atoms with Gasteiger partial charge in [-0.2, -0.15) is 0 Å². The molecule has 200 valence electrons. The van der Waals surface area contributed by atoms with E-state index in [0.29, 0.717) is 30.0 Å². The summed E-state index contributed by atoms with van der Waals surface area (Å²) >= 11 is 0. The molecule has 1 atom stereocenters. The number of hydrogen-bond acceptors (Lipinski definition) is 6. The number of fused-ring (bicyclic) bond motifs is 1. The van der Waals surface area contributed by atoms with E-state index >= 15 is 0 Å². The summed E-state index contributed by atoms with van der Waals surface area (Å²) in [5, 5.41) is 3.11. The Labute approximate surface area is 218 Å². The molecule has 1 aliphatic carbocycles. The van der Waals surface area contributed by atoms with Crippen molar-refractivity contribution in [2.75, 3.05) is 30.4 Å². The first-order chi connectivity index (χ1) is 17.8. The molecular weight excluding hydrogens is 494 g/mol. The van der Waals surface area contributed by atoms with Crippen molar-refractivity contribution in [3.05, 3.63) is 54.1 Å². The summed E-state index contributed by atoms with van der Waals surface area (Å²) in [4.78, 5) is 28.6. The highest BCUT2D eigenvalue weighted by atomic mass is 32.2. The van der Waals surface area contributed by atoms with Gasteiger partial charge in [0.05, 0.1) is 11.9 Å². The van der Waals surface area contributed by atoms with Crippen molar-refractivity contribution in [3.8, 4) is 11.5 Å². The Morgan fingerprint density at radius 3 is 2.43 bits per heavy atom. The molecule has 0 bridgehead atoms. The van der Waals surface area contributed by atoms with Gasteiger partial charge in [-0.25, -0.2) is 8.42 Å². The number of carbonyl (C=O) groups excluding carboxylic acids is 2. The summed E-state index contributed by atoms with van der Waals surface area (Å²) < 4.78 is 37.3. The maximum atomic E-state index is 13.8. The summed E-state index contributed by atoms with van der Waals surface area (Å²) in [6, 6.07) is 13.9. The second kappa shape index (κ2) is 11.9. The van der Waals surface area contributed by atoms with Crippen LogP contribution in [0.4, 0.5) is 5.69 Å². The first-order valence-corrected chi connectivity index (χ1v) is 14.6. The van der Waals surface area contributed by atoms with Crippen LogP contribution in [-0.2, 0) is 26.0 Å². The lowest BCUT2D eigenvalue weighted by atomic mass is 10.1. The lowest BCUT2D eigenvalue weighted by Crippen LogP contribution is -2.54. The fourth-order valence-corrected chi connectivity index (χ4v) is 5.76. The highest BCUT2D eigenvalue weighted by molar-refractivity contribution is 7.92. The number of carbonyl (C=O) groups is 2. The maximum Gasteiger partial charge on any atom is 0.244 e. The number of amides is 2. The molecule has 9 nitrogen and oxygen atoms in total. The van der Waals surface area contributed by atoms with Crippen LogP contribution in [-0.4, -0.2) is 63.4 Å². The third-order valence-corrected chi connectivity index (χ3v) is 8.04. The Morgan fingerprint density at radius 2 is 1.76 bits per heavy atom. The molecule has 2 aromatic carbocycles. The van der Waals surface area contributed by atoms with E-state index in [9.17, 15) is 18.0 Å². The van der Waals surface area contributed by atoms with Crippen LogP contribution in [0.1, 0.15) is 44.6 Å². The van der Waals surface area contributed by atoms with E-state index < -0.39 is 28.5 Å². The number of hydrogen-bond donors (Lipinski definition) is 1. The van der Waals surface area contributed by atoms with E-state index in [-0.39, 0.29) is 25.3 Å². The largest absolute Gasteiger partial charge is 0.454 e. The molecule has 1 N–H and O–H groups in total. The molecule has 0 radical (unpaired) electrons. The molecule has 1 fully saturated rings. The number of sulfonamides is 1. The van der Waals surface area contributed by atoms with Gasteiger partial charge in [0.15, 0.2) is 11.5 Å². The van der Waals surface area contributed by atoms with Gasteiger partial charge < -0.3 is 19.7 Å². The van der Waals surface area contributed by atoms with Gasteiger partial charge in [-0.05, 0) is 43.4 Å². The highest BCUT2D eigenvalue weighted by Crippen LogP contribution is 2.36. The van der Waals surface area contributed by atoms with Crippen LogP contribution in [0.3, 0.4) is 0 Å². The van der Waals surface area contributed by atoms with Gasteiger partial charge in [-0.3, -0.25) is 13.9 Å². The van der Waals surface area contributed by atoms with Gasteiger partial charge in [0.1, 0.15) is 12.6 Å². The molecule has 2 amide bonds. The molecule has 2 aromatic rings. The molecule has 1 heterocycles. The Kier molecular flexibility index (Phi) is 8.58. The highest BCUT2D eigenvalue weighted by Gasteiger charge is 2.33. The summed E-state index contributed by atoms with van der Waals surface area (Å²) in [5.74, 6) is 0.307. The number of ether oxygens (including phenoxy) is 2. The fraction of sp³-hybridized carbons (Fsp3) is 0.481. The third-order valence-electron chi connectivity index (χ3n) is 6.90. The minimum absolute atomic E-state index is 0.0537. The number of nitrogens with one attached hydrogen (secondary N) is 1. The first kappa shape index (κ1) is 26.8. The molecule has 0 saturated heterocycles. The van der Waals surface area contributed by atoms with Gasteiger partial charge in [0, 0.05) is 18.7 Å². The SMILES string of the molecule is CC[C@H](C(=O)NC1CCCC1)N(CCc1ccccc1)C(=O)CN(c1ccc2c(c1)OCO2)S(C)(=O)=O. The molecule has 0 unspecified atom stereocenters. The van der Waals surface area contributed by atoms with Crippen molar-refractivity contribution in [2.45, 2.75) is 57.5 Å². The molecule has 0 spiro atoms. The Balaban J connectivity index is 1.58. The van der Waals surface area contributed by atoms with Gasteiger partial charge in [-0.15, -0.1) is 0 Å². The van der Waals surface area contributed by atoms with E-state index in [1.807, 2.05) is 37.3 Å². The standard InChI is InChI=1S/C27H35N3O6S/c1-3-23(27(32)28-21-11-7-8-12-21)29(16-15-20-9-5-4-6-10-20)26(31)18-30(37(2,33)34)22-13-14-24-25(17-22)36-19-35-24/h4-6,9-10,13-14,17,21,23H,3,7-8,11-12,15-16,18-19H2,1-2H3,(H,28,32)/t23-/m1/s1. The third kappa shape index (κ3) is 6.74. The summed E-state index contributed by atoms with van der Waals surface area (Å²) in [6.45, 7) is 1.78. The molecule has 0 aromatic heterocycles. The van der Waals surface area contributed by atoms with Gasteiger partial charge in [0.2, 0.25) is 28.6 Å². The number of benzene rings is 2. The predicted octanol–water partition coefficient (Wildman–Crippen LogP) is 3.09. The van der Waals surface area contributed by atoms with Crippen LogP contribution in [0, 0.1) is 0 Å². The zero-order valence-electron chi connectivity index (χ0n) is 21.4. The Morgan fingerprint density at radius 1 is 1.05 bits per heavy atom. The lowest BCUT2D eigenvalue weighted by Gasteiger charge is -2.33. The van der Waals surface area contributed by atoms with Crippen molar-refractivity contribution in [2.24, 2.45) is 0 Å². The van der Waals surface area contributed by atoms with Crippen molar-refractivity contribution >= 4 is 27.5 Å². The summed E-state index contributed by atoms with van der Waals surface area (Å²) in [6.07, 6.45) is 6.06. The topological polar surface area (TPSA) is 105 Å². The molecule has 4 rings (SSSR count). The number of anilines is 1. The average molecular weight is 530 g/mol. The second-order valence-corrected chi connectivity index (χ2v) is 11.5. The molecule has 2 aliphatic rings. The van der Waals surface area contributed by atoms with Gasteiger partial charge in [0.25, 0.3) is 0 Å². The molecule has 37 heavy (non-hydrogen) atoms. The summed E-state index contributed by atoms with van der Waals surface area (Å²) in [5.41, 5.74) is 1.33. The first-order valence-electron chi connectivity index (χ1n) is 12.8. The minimum Gasteiger partial charge on any atom is -0.454 e. The van der Waals surface area contributed by atoms with Crippen molar-refractivity contribution < 1.29 is 27.5 Å². The zero-order chi connectivity index (χ0) is 26.4. The summed E-state index contributed by atoms with van der Waals surface area (Å²) in [7, 11) is -3.81. The van der Waals surface area contributed by atoms with E-state index in [1.165, 1.54) is 4.90 Å². The van der Waals surface area contributed by atoms with Crippen molar-refractivity contribution in [1.29, 1.82) is 0 Å². The zero-order valence-corrected chi connectivity index (χ0v) is 22.2. The lowest BCUT2D eigenvalue weighted by molar-refractivity contribution is -0.139. The Bertz CT molecular complexity index is 1200. The number of nitrogens with zero attached hydrogens (tertiary/aromatic N) is 2. The van der Waals surface area contributed by atoms with Gasteiger partial charge in [-0.1, -0.05) is 50.1 Å². The molecular formula is C27H35N3O6S. The second-order valence-electron chi connectivity index (χ2n) is 9.54. The van der Waals surface area contributed by atoms with Crippen molar-refractivity contribution in [1.82, 2.24) is 10.2 Å². The maximum absolute atomic E-state index is 13.8. The molecule has 10 heteroatoms. The predicted molar refractivity (Wildman–Crippen MR) is 141 cm³/mol. The van der Waals surface area contributed by atoms with E-state index in [4.69, 9.17) is 9.47 Å². The Hall–Kier alpha value is -3.27. The van der Waals surface area contributed by atoms with Crippen LogP contribution in [0.2, 0.25) is 0 Å². The van der Waals surface area contributed by atoms with Crippen LogP contribution < -0.4 is 19.1 Å². The van der Waals surface area contributed by atoms with E-state index in [2.05, 4.69) is 5.32 Å². The quantitative estimate of drug-likeness (QED) is 0.480. The van der Waals surface area contributed by atoms with Crippen molar-refractivity contribution in [3.63, 3.8) is 0 Å². The van der Waals surface area contributed by atoms with E-state index in [0.717, 1.165) is 41.8 Å². The normalized spacial score (nSPS) is 15.8. The molecule has 1 aliphatic heterocycles.